The van der Waals surface area contributed by atoms with E-state index in [0.29, 0.717) is 27.8 Å². The minimum atomic E-state index is -0.835. The highest BCUT2D eigenvalue weighted by Gasteiger charge is 2.17. The molecule has 0 aliphatic heterocycles. The zero-order valence-corrected chi connectivity index (χ0v) is 11.2. The average molecular weight is 263 g/mol. The molecule has 1 aromatic heterocycles. The van der Waals surface area contributed by atoms with Crippen LogP contribution in [0.15, 0.2) is 12.1 Å². The quantitative estimate of drug-likeness (QED) is 0.739. The lowest BCUT2D eigenvalue weighted by atomic mass is 10.0. The Hall–Kier alpha value is -2.17. The van der Waals surface area contributed by atoms with Crippen molar-refractivity contribution in [3.8, 4) is 5.75 Å². The molecule has 0 saturated heterocycles. The van der Waals surface area contributed by atoms with Crippen LogP contribution in [0.1, 0.15) is 16.8 Å². The largest absolute Gasteiger partial charge is 0.513 e. The topological polar surface area (TPSA) is 48.4 Å². The van der Waals surface area contributed by atoms with Crippen LogP contribution in [-0.4, -0.2) is 18.2 Å². The van der Waals surface area contributed by atoms with Gasteiger partial charge in [-0.25, -0.2) is 9.18 Å². The molecule has 4 nitrogen and oxygen atoms in total. The Morgan fingerprint density at radius 2 is 1.89 bits per heavy atom. The number of halogens is 1. The van der Waals surface area contributed by atoms with Gasteiger partial charge in [0.25, 0.3) is 0 Å². The highest BCUT2D eigenvalue weighted by Crippen LogP contribution is 2.33. The van der Waals surface area contributed by atoms with Crippen molar-refractivity contribution in [2.24, 2.45) is 0 Å². The third-order valence-corrected chi connectivity index (χ3v) is 3.13. The van der Waals surface area contributed by atoms with Gasteiger partial charge in [-0.05, 0) is 38.5 Å². The summed E-state index contributed by atoms with van der Waals surface area (Å²) >= 11 is 0. The first kappa shape index (κ1) is 13.3. The molecule has 0 unspecified atom stereocenters. The number of carbonyl (C=O) groups is 1. The van der Waals surface area contributed by atoms with E-state index in [1.807, 2.05) is 0 Å². The summed E-state index contributed by atoms with van der Waals surface area (Å²) in [6, 6.07) is 2.91. The predicted molar refractivity (Wildman–Crippen MR) is 68.9 cm³/mol. The van der Waals surface area contributed by atoms with Gasteiger partial charge in [0.2, 0.25) is 0 Å². The van der Waals surface area contributed by atoms with Crippen molar-refractivity contribution in [3.63, 3.8) is 0 Å². The smallest absolute Gasteiger partial charge is 0.437 e. The number of fused-ring (bicyclic) bond motifs is 1. The Kier molecular flexibility index (Phi) is 3.38. The highest BCUT2D eigenvalue weighted by molar-refractivity contribution is 5.91. The molecule has 19 heavy (non-hydrogen) atoms. The van der Waals surface area contributed by atoms with E-state index in [9.17, 15) is 9.18 Å². The molecule has 0 bridgehead atoms. The summed E-state index contributed by atoms with van der Waals surface area (Å²) in [4.78, 5) is 15.7. The second-order valence-electron chi connectivity index (χ2n) is 4.27. The minimum Gasteiger partial charge on any atom is -0.437 e. The van der Waals surface area contributed by atoms with Crippen LogP contribution in [0, 0.1) is 26.6 Å². The van der Waals surface area contributed by atoms with Gasteiger partial charge >= 0.3 is 6.16 Å². The number of hydrogen-bond acceptors (Lipinski definition) is 4. The molecule has 2 rings (SSSR count). The molecule has 0 saturated carbocycles. The standard InChI is InChI=1S/C14H14FNO3/c1-7-9(3)16-11-6-5-10(15)8(2)12(11)13(7)19-14(17)18-4/h5-6H,1-4H3. The lowest BCUT2D eigenvalue weighted by Crippen LogP contribution is -2.10. The van der Waals surface area contributed by atoms with E-state index in [1.165, 1.54) is 13.2 Å². The third-order valence-electron chi connectivity index (χ3n) is 3.13. The average Bonchev–Trinajstić information content (AvgIpc) is 2.39. The maximum absolute atomic E-state index is 13.7. The molecular weight excluding hydrogens is 249 g/mol. The van der Waals surface area contributed by atoms with Crippen LogP contribution in [0.2, 0.25) is 0 Å². The highest BCUT2D eigenvalue weighted by atomic mass is 19.1. The number of hydrogen-bond donors (Lipinski definition) is 0. The fraction of sp³-hybridized carbons (Fsp3) is 0.286. The Bertz CT molecular complexity index is 668. The minimum absolute atomic E-state index is 0.298. The number of pyridine rings is 1. The van der Waals surface area contributed by atoms with E-state index in [2.05, 4.69) is 9.72 Å². The van der Waals surface area contributed by atoms with Gasteiger partial charge in [0.15, 0.2) is 0 Å². The van der Waals surface area contributed by atoms with E-state index in [1.54, 1.807) is 26.8 Å². The van der Waals surface area contributed by atoms with Crippen molar-refractivity contribution in [2.75, 3.05) is 7.11 Å². The normalized spacial score (nSPS) is 10.6. The molecule has 1 aromatic carbocycles. The lowest BCUT2D eigenvalue weighted by Gasteiger charge is -2.13. The van der Waals surface area contributed by atoms with Crippen LogP contribution in [0.3, 0.4) is 0 Å². The van der Waals surface area contributed by atoms with Gasteiger partial charge in [0.05, 0.1) is 12.6 Å². The summed E-state index contributed by atoms with van der Waals surface area (Å²) in [5.74, 6) is -0.0707. The zero-order chi connectivity index (χ0) is 14.2. The van der Waals surface area contributed by atoms with Crippen LogP contribution in [-0.2, 0) is 4.74 Å². The second kappa shape index (κ2) is 4.84. The fourth-order valence-corrected chi connectivity index (χ4v) is 1.92. The number of aryl methyl sites for hydroxylation is 2. The second-order valence-corrected chi connectivity index (χ2v) is 4.27. The Labute approximate surface area is 110 Å². The van der Waals surface area contributed by atoms with Gasteiger partial charge in [0.1, 0.15) is 11.6 Å². The number of rotatable bonds is 1. The number of aromatic nitrogens is 1. The van der Waals surface area contributed by atoms with Crippen molar-refractivity contribution in [2.45, 2.75) is 20.8 Å². The van der Waals surface area contributed by atoms with Crippen molar-refractivity contribution in [3.05, 3.63) is 34.8 Å². The van der Waals surface area contributed by atoms with Crippen LogP contribution in [0.4, 0.5) is 9.18 Å². The molecule has 2 aromatic rings. The van der Waals surface area contributed by atoms with Crippen molar-refractivity contribution in [1.29, 1.82) is 0 Å². The maximum atomic E-state index is 13.7. The molecule has 0 fully saturated rings. The van der Waals surface area contributed by atoms with Crippen LogP contribution < -0.4 is 4.74 Å². The predicted octanol–water partition coefficient (Wildman–Crippen LogP) is 3.44. The fourth-order valence-electron chi connectivity index (χ4n) is 1.92. The third kappa shape index (κ3) is 2.23. The molecule has 5 heteroatoms. The monoisotopic (exact) mass is 263 g/mol. The molecule has 0 amide bonds. The molecule has 0 N–H and O–H groups in total. The Morgan fingerprint density at radius 3 is 2.53 bits per heavy atom. The van der Waals surface area contributed by atoms with E-state index in [-0.39, 0.29) is 5.82 Å². The van der Waals surface area contributed by atoms with Crippen LogP contribution in [0.25, 0.3) is 10.9 Å². The summed E-state index contributed by atoms with van der Waals surface area (Å²) in [6.45, 7) is 5.19. The summed E-state index contributed by atoms with van der Waals surface area (Å²) in [7, 11) is 1.22. The number of ether oxygens (including phenoxy) is 2. The van der Waals surface area contributed by atoms with Gasteiger partial charge in [-0.3, -0.25) is 4.98 Å². The van der Waals surface area contributed by atoms with Gasteiger partial charge in [0, 0.05) is 16.6 Å². The summed E-state index contributed by atoms with van der Waals surface area (Å²) in [6.07, 6.45) is -0.835. The SMILES string of the molecule is COC(=O)Oc1c(C)c(C)nc2ccc(F)c(C)c12. The summed E-state index contributed by atoms with van der Waals surface area (Å²) in [5, 5.41) is 0.494. The van der Waals surface area contributed by atoms with Crippen molar-refractivity contribution < 1.29 is 18.7 Å². The van der Waals surface area contributed by atoms with Crippen LogP contribution >= 0.6 is 0 Å². The number of methoxy groups -OCH3 is 1. The van der Waals surface area contributed by atoms with E-state index >= 15 is 0 Å². The first-order valence-corrected chi connectivity index (χ1v) is 5.77. The molecule has 1 heterocycles. The number of benzene rings is 1. The first-order chi connectivity index (χ1) is 8.95. The van der Waals surface area contributed by atoms with E-state index < -0.39 is 6.16 Å². The van der Waals surface area contributed by atoms with E-state index in [4.69, 9.17) is 4.74 Å². The molecule has 0 spiro atoms. The van der Waals surface area contributed by atoms with Crippen molar-refractivity contribution in [1.82, 2.24) is 4.98 Å². The van der Waals surface area contributed by atoms with Gasteiger partial charge < -0.3 is 9.47 Å². The summed E-state index contributed by atoms with van der Waals surface area (Å²) < 4.78 is 23.3. The first-order valence-electron chi connectivity index (χ1n) is 5.77. The molecule has 100 valence electrons. The maximum Gasteiger partial charge on any atom is 0.513 e. The van der Waals surface area contributed by atoms with Crippen molar-refractivity contribution >= 4 is 17.1 Å². The molecular formula is C14H14FNO3. The molecule has 0 radical (unpaired) electrons. The van der Waals surface area contributed by atoms with Crippen LogP contribution in [0.5, 0.6) is 5.75 Å². The van der Waals surface area contributed by atoms with Gasteiger partial charge in [-0.1, -0.05) is 0 Å². The Balaban J connectivity index is 2.80. The zero-order valence-electron chi connectivity index (χ0n) is 11.2. The molecule has 0 atom stereocenters. The van der Waals surface area contributed by atoms with Gasteiger partial charge in [-0.15, -0.1) is 0 Å². The van der Waals surface area contributed by atoms with Gasteiger partial charge in [-0.2, -0.15) is 0 Å². The molecule has 0 aliphatic carbocycles. The van der Waals surface area contributed by atoms with E-state index in [0.717, 1.165) is 5.69 Å². The Morgan fingerprint density at radius 1 is 1.21 bits per heavy atom. The number of carbonyl (C=O) groups excluding carboxylic acids is 1. The lowest BCUT2D eigenvalue weighted by molar-refractivity contribution is 0.121. The summed E-state index contributed by atoms with van der Waals surface area (Å²) in [5.41, 5.74) is 2.39. The number of nitrogens with zero attached hydrogens (tertiary/aromatic N) is 1. The molecule has 0 aliphatic rings.